The topological polar surface area (TPSA) is 111 Å². The van der Waals surface area contributed by atoms with Crippen LogP contribution < -0.4 is 11.5 Å². The Balaban J connectivity index is 1.43. The van der Waals surface area contributed by atoms with Gasteiger partial charge in [-0.25, -0.2) is 8.78 Å². The molecule has 4 heterocycles. The molecule has 31 heavy (non-hydrogen) atoms. The molecule has 1 aromatic carbocycles. The highest BCUT2D eigenvalue weighted by Crippen LogP contribution is 2.29. The number of nitrogen functional groups attached to an aromatic ring is 2. The predicted molar refractivity (Wildman–Crippen MR) is 111 cm³/mol. The molecular formula is C21H21F2N7O. The molecule has 1 aliphatic heterocycles. The van der Waals surface area contributed by atoms with Gasteiger partial charge < -0.3 is 15.9 Å². The van der Waals surface area contributed by atoms with Crippen LogP contribution in [0.25, 0.3) is 17.4 Å². The number of hydrogen-bond acceptors (Lipinski definition) is 7. The quantitative estimate of drug-likeness (QED) is 0.505. The lowest BCUT2D eigenvalue weighted by molar-refractivity contribution is 0.240. The van der Waals surface area contributed by atoms with Crippen LogP contribution in [0.2, 0.25) is 0 Å². The van der Waals surface area contributed by atoms with Crippen molar-refractivity contribution in [2.75, 3.05) is 18.0 Å². The minimum atomic E-state index is -0.450. The highest BCUT2D eigenvalue weighted by atomic mass is 19.1. The molecule has 1 aliphatic rings. The van der Waals surface area contributed by atoms with E-state index in [9.17, 15) is 8.78 Å². The highest BCUT2D eigenvalue weighted by Gasteiger charge is 2.28. The van der Waals surface area contributed by atoms with Crippen molar-refractivity contribution in [2.24, 2.45) is 0 Å². The van der Waals surface area contributed by atoms with E-state index in [0.717, 1.165) is 31.5 Å². The molecule has 8 nitrogen and oxygen atoms in total. The number of benzene rings is 1. The lowest BCUT2D eigenvalue weighted by Crippen LogP contribution is -2.32. The first-order chi connectivity index (χ1) is 15.0. The molecule has 4 aromatic rings. The van der Waals surface area contributed by atoms with Gasteiger partial charge in [-0.3, -0.25) is 4.90 Å². The lowest BCUT2D eigenvalue weighted by Gasteiger charge is -2.25. The number of aromatic nitrogens is 4. The summed E-state index contributed by atoms with van der Waals surface area (Å²) < 4.78 is 34.5. The number of nitrogens with two attached hydrogens (primary N) is 2. The van der Waals surface area contributed by atoms with Gasteiger partial charge in [-0.1, -0.05) is 0 Å². The number of nitrogens with zero attached hydrogens (tertiary/aromatic N) is 5. The molecule has 0 radical (unpaired) electrons. The second-order valence-electron chi connectivity index (χ2n) is 7.69. The minimum absolute atomic E-state index is 0.0691. The van der Waals surface area contributed by atoms with Crippen LogP contribution in [-0.4, -0.2) is 37.1 Å². The second kappa shape index (κ2) is 7.62. The van der Waals surface area contributed by atoms with E-state index in [1.54, 1.807) is 12.1 Å². The zero-order valence-electron chi connectivity index (χ0n) is 16.6. The standard InChI is InChI=1S/C21H21F2N7O/c22-13-5-6-16(23)12(9-13)11-29-7-1-3-14(29)10-15-18(24)26-21-27-20(17-4-2-8-31-17)28-30(21)19(15)25/h2,4-6,8-9,14H,1,3,7,10-11,25H2,(H2,24,26,27,28). The molecular weight excluding hydrogens is 404 g/mol. The summed E-state index contributed by atoms with van der Waals surface area (Å²) in [6.07, 6.45) is 3.90. The monoisotopic (exact) mass is 425 g/mol. The third kappa shape index (κ3) is 3.59. The van der Waals surface area contributed by atoms with Crippen LogP contribution >= 0.6 is 0 Å². The lowest BCUT2D eigenvalue weighted by atomic mass is 10.0. The molecule has 160 valence electrons. The van der Waals surface area contributed by atoms with Crippen molar-refractivity contribution in [1.82, 2.24) is 24.5 Å². The summed E-state index contributed by atoms with van der Waals surface area (Å²) in [4.78, 5) is 10.8. The molecule has 0 aliphatic carbocycles. The smallest absolute Gasteiger partial charge is 0.256 e. The second-order valence-corrected chi connectivity index (χ2v) is 7.69. The van der Waals surface area contributed by atoms with E-state index in [-0.39, 0.29) is 17.6 Å². The van der Waals surface area contributed by atoms with Gasteiger partial charge in [-0.15, -0.1) is 5.10 Å². The Kier molecular flexibility index (Phi) is 4.78. The Bertz CT molecular complexity index is 1240. The Hall–Kier alpha value is -3.53. The van der Waals surface area contributed by atoms with E-state index in [1.165, 1.54) is 16.8 Å². The Morgan fingerprint density at radius 1 is 1.16 bits per heavy atom. The van der Waals surface area contributed by atoms with Crippen LogP contribution in [0, 0.1) is 11.6 Å². The maximum Gasteiger partial charge on any atom is 0.256 e. The van der Waals surface area contributed by atoms with Gasteiger partial charge in [0.1, 0.15) is 23.3 Å². The summed E-state index contributed by atoms with van der Waals surface area (Å²) in [7, 11) is 0. The molecule has 1 atom stereocenters. The first-order valence-corrected chi connectivity index (χ1v) is 10.0. The number of likely N-dealkylation sites (tertiary alicyclic amines) is 1. The van der Waals surface area contributed by atoms with Crippen molar-refractivity contribution in [3.8, 4) is 11.6 Å². The molecule has 5 rings (SSSR count). The van der Waals surface area contributed by atoms with Crippen molar-refractivity contribution in [1.29, 1.82) is 0 Å². The van der Waals surface area contributed by atoms with Gasteiger partial charge in [-0.2, -0.15) is 14.5 Å². The van der Waals surface area contributed by atoms with Crippen molar-refractivity contribution in [3.05, 3.63) is 59.4 Å². The molecule has 3 aromatic heterocycles. The van der Waals surface area contributed by atoms with Gasteiger partial charge >= 0.3 is 0 Å². The third-order valence-corrected chi connectivity index (χ3v) is 5.72. The fourth-order valence-corrected chi connectivity index (χ4v) is 4.14. The van der Waals surface area contributed by atoms with Crippen LogP contribution in [-0.2, 0) is 13.0 Å². The van der Waals surface area contributed by atoms with Crippen LogP contribution in [0.3, 0.4) is 0 Å². The van der Waals surface area contributed by atoms with E-state index in [4.69, 9.17) is 15.9 Å². The minimum Gasteiger partial charge on any atom is -0.461 e. The average Bonchev–Trinajstić information content (AvgIpc) is 3.48. The van der Waals surface area contributed by atoms with E-state index in [1.807, 2.05) is 0 Å². The molecule has 0 amide bonds. The molecule has 1 unspecified atom stereocenters. The largest absolute Gasteiger partial charge is 0.461 e. The third-order valence-electron chi connectivity index (χ3n) is 5.72. The van der Waals surface area contributed by atoms with E-state index in [2.05, 4.69) is 20.0 Å². The van der Waals surface area contributed by atoms with Gasteiger partial charge in [0.05, 0.1) is 6.26 Å². The molecule has 0 spiro atoms. The Morgan fingerprint density at radius 2 is 2.03 bits per heavy atom. The van der Waals surface area contributed by atoms with Gasteiger partial charge in [0.2, 0.25) is 5.82 Å². The van der Waals surface area contributed by atoms with Crippen LogP contribution in [0.15, 0.2) is 41.0 Å². The van der Waals surface area contributed by atoms with E-state index in [0.29, 0.717) is 41.5 Å². The van der Waals surface area contributed by atoms with Crippen molar-refractivity contribution in [2.45, 2.75) is 31.8 Å². The summed E-state index contributed by atoms with van der Waals surface area (Å²) in [6.45, 7) is 1.10. The first kappa shape index (κ1) is 19.4. The summed E-state index contributed by atoms with van der Waals surface area (Å²) in [5, 5.41) is 4.40. The van der Waals surface area contributed by atoms with E-state index >= 15 is 0 Å². The van der Waals surface area contributed by atoms with Crippen molar-refractivity contribution < 1.29 is 13.2 Å². The molecule has 1 saturated heterocycles. The molecule has 1 fully saturated rings. The fraction of sp³-hybridized carbons (Fsp3) is 0.286. The van der Waals surface area contributed by atoms with Crippen molar-refractivity contribution >= 4 is 17.4 Å². The normalized spacial score (nSPS) is 17.0. The van der Waals surface area contributed by atoms with Gasteiger partial charge in [0.25, 0.3) is 5.78 Å². The van der Waals surface area contributed by atoms with Gasteiger partial charge in [-0.05, 0) is 56.1 Å². The zero-order chi connectivity index (χ0) is 21.5. The van der Waals surface area contributed by atoms with Crippen LogP contribution in [0.5, 0.6) is 0 Å². The molecule has 10 heteroatoms. The number of fused-ring (bicyclic) bond motifs is 1. The predicted octanol–water partition coefficient (Wildman–Crippen LogP) is 3.03. The molecule has 0 bridgehead atoms. The Morgan fingerprint density at radius 3 is 2.84 bits per heavy atom. The summed E-state index contributed by atoms with van der Waals surface area (Å²) in [5.41, 5.74) is 13.6. The number of halogens is 2. The molecule has 0 saturated carbocycles. The number of furan rings is 1. The maximum atomic E-state index is 14.1. The number of hydrogen-bond donors (Lipinski definition) is 2. The average molecular weight is 425 g/mol. The highest BCUT2D eigenvalue weighted by molar-refractivity contribution is 5.61. The molecule has 4 N–H and O–H groups in total. The van der Waals surface area contributed by atoms with Crippen molar-refractivity contribution in [3.63, 3.8) is 0 Å². The summed E-state index contributed by atoms with van der Waals surface area (Å²) in [5.74, 6) is 0.934. The number of anilines is 2. The number of rotatable bonds is 5. The maximum absolute atomic E-state index is 14.1. The summed E-state index contributed by atoms with van der Waals surface area (Å²) in [6, 6.07) is 7.08. The van der Waals surface area contributed by atoms with E-state index < -0.39 is 11.6 Å². The fourth-order valence-electron chi connectivity index (χ4n) is 4.14. The summed E-state index contributed by atoms with van der Waals surface area (Å²) >= 11 is 0. The SMILES string of the molecule is Nc1nc2nc(-c3ccco3)nn2c(N)c1CC1CCCN1Cc1cc(F)ccc1F. The first-order valence-electron chi connectivity index (χ1n) is 10.0. The van der Waals surface area contributed by atoms with Crippen LogP contribution in [0.4, 0.5) is 20.4 Å². The van der Waals surface area contributed by atoms with Gasteiger partial charge in [0, 0.05) is 23.7 Å². The zero-order valence-corrected chi connectivity index (χ0v) is 16.6. The van der Waals surface area contributed by atoms with Gasteiger partial charge in [0.15, 0.2) is 5.76 Å². The Labute approximate surface area is 176 Å². The van der Waals surface area contributed by atoms with Crippen LogP contribution in [0.1, 0.15) is 24.0 Å².